The lowest BCUT2D eigenvalue weighted by molar-refractivity contribution is -0.0551. The van der Waals surface area contributed by atoms with E-state index in [1.54, 1.807) is 0 Å². The number of ether oxygens (including phenoxy) is 2. The van der Waals surface area contributed by atoms with Gasteiger partial charge in [-0.15, -0.1) is 0 Å². The monoisotopic (exact) mass is 235 g/mol. The fraction of sp³-hybridized carbons (Fsp3) is 0.833. The first-order chi connectivity index (χ1) is 8.40. The lowest BCUT2D eigenvalue weighted by Gasteiger charge is -2.10. The zero-order chi connectivity index (χ0) is 11.2. The van der Waals surface area contributed by atoms with Crippen LogP contribution >= 0.6 is 0 Å². The molecule has 1 aliphatic heterocycles. The highest BCUT2D eigenvalue weighted by atomic mass is 16.7. The summed E-state index contributed by atoms with van der Waals surface area (Å²) < 4.78 is 13.0. The Labute approximate surface area is 100 Å². The normalized spacial score (nSPS) is 25.6. The molecule has 3 aliphatic rings. The van der Waals surface area contributed by atoms with E-state index in [0.717, 1.165) is 11.6 Å². The summed E-state index contributed by atoms with van der Waals surface area (Å²) in [6.07, 6.45) is 4.90. The van der Waals surface area contributed by atoms with Crippen LogP contribution in [0.3, 0.4) is 0 Å². The Morgan fingerprint density at radius 3 is 2.41 bits per heavy atom. The first kappa shape index (κ1) is 10.0. The van der Waals surface area contributed by atoms with Gasteiger partial charge in [0.1, 0.15) is 5.82 Å². The predicted octanol–water partition coefficient (Wildman–Crippen LogP) is 1.41. The summed E-state index contributed by atoms with van der Waals surface area (Å²) in [5.41, 5.74) is 0. The molecule has 2 saturated carbocycles. The SMILES string of the molecule is C1COC(Cn2nc(C3CC3)nc2C2CC2)O1. The van der Waals surface area contributed by atoms with Gasteiger partial charge in [0.05, 0.1) is 19.8 Å². The van der Waals surface area contributed by atoms with E-state index in [0.29, 0.717) is 31.6 Å². The lowest BCUT2D eigenvalue weighted by atomic mass is 10.4. The van der Waals surface area contributed by atoms with Crippen LogP contribution in [0.4, 0.5) is 0 Å². The van der Waals surface area contributed by atoms with Gasteiger partial charge < -0.3 is 9.47 Å². The van der Waals surface area contributed by atoms with Crippen molar-refractivity contribution in [3.8, 4) is 0 Å². The van der Waals surface area contributed by atoms with Crippen molar-refractivity contribution in [2.75, 3.05) is 13.2 Å². The summed E-state index contributed by atoms with van der Waals surface area (Å²) in [5, 5.41) is 4.64. The van der Waals surface area contributed by atoms with Crippen molar-refractivity contribution in [3.63, 3.8) is 0 Å². The molecule has 0 N–H and O–H groups in total. The summed E-state index contributed by atoms with van der Waals surface area (Å²) in [5.74, 6) is 3.46. The van der Waals surface area contributed by atoms with Gasteiger partial charge in [-0.1, -0.05) is 0 Å². The topological polar surface area (TPSA) is 49.2 Å². The van der Waals surface area contributed by atoms with Crippen LogP contribution in [0.5, 0.6) is 0 Å². The maximum atomic E-state index is 5.49. The Morgan fingerprint density at radius 1 is 1.06 bits per heavy atom. The van der Waals surface area contributed by atoms with Crippen molar-refractivity contribution < 1.29 is 9.47 Å². The van der Waals surface area contributed by atoms with Crippen molar-refractivity contribution in [1.29, 1.82) is 0 Å². The van der Waals surface area contributed by atoms with E-state index in [2.05, 4.69) is 5.10 Å². The smallest absolute Gasteiger partial charge is 0.177 e. The van der Waals surface area contributed by atoms with Gasteiger partial charge in [0.15, 0.2) is 12.1 Å². The molecule has 0 aromatic carbocycles. The molecule has 1 aromatic rings. The molecular formula is C12H17N3O2. The first-order valence-electron chi connectivity index (χ1n) is 6.58. The summed E-state index contributed by atoms with van der Waals surface area (Å²) >= 11 is 0. The van der Waals surface area contributed by atoms with Crippen LogP contribution in [0.1, 0.15) is 49.2 Å². The Kier molecular flexibility index (Phi) is 2.23. The average molecular weight is 235 g/mol. The molecular weight excluding hydrogens is 218 g/mol. The molecule has 92 valence electrons. The van der Waals surface area contributed by atoms with Gasteiger partial charge in [-0.25, -0.2) is 9.67 Å². The third-order valence-corrected chi connectivity index (χ3v) is 3.61. The lowest BCUT2D eigenvalue weighted by Crippen LogP contribution is -2.19. The van der Waals surface area contributed by atoms with E-state index in [1.165, 1.54) is 25.7 Å². The molecule has 0 radical (unpaired) electrons. The van der Waals surface area contributed by atoms with E-state index in [-0.39, 0.29) is 6.29 Å². The molecule has 0 unspecified atom stereocenters. The van der Waals surface area contributed by atoms with Gasteiger partial charge in [0, 0.05) is 11.8 Å². The van der Waals surface area contributed by atoms with Crippen molar-refractivity contribution >= 4 is 0 Å². The zero-order valence-electron chi connectivity index (χ0n) is 9.84. The Morgan fingerprint density at radius 2 is 1.76 bits per heavy atom. The van der Waals surface area contributed by atoms with Crippen LogP contribution in [-0.2, 0) is 16.0 Å². The van der Waals surface area contributed by atoms with Crippen molar-refractivity contribution in [3.05, 3.63) is 11.6 Å². The van der Waals surface area contributed by atoms with E-state index in [1.807, 2.05) is 4.68 Å². The highest BCUT2D eigenvalue weighted by molar-refractivity contribution is 5.12. The van der Waals surface area contributed by atoms with Gasteiger partial charge in [-0.3, -0.25) is 0 Å². The summed E-state index contributed by atoms with van der Waals surface area (Å²) in [4.78, 5) is 4.72. The molecule has 4 rings (SSSR count). The van der Waals surface area contributed by atoms with Crippen LogP contribution in [0.15, 0.2) is 0 Å². The van der Waals surface area contributed by atoms with E-state index < -0.39 is 0 Å². The average Bonchev–Trinajstić information content (AvgIpc) is 3.26. The molecule has 0 amide bonds. The second-order valence-electron chi connectivity index (χ2n) is 5.23. The molecule has 17 heavy (non-hydrogen) atoms. The minimum absolute atomic E-state index is 0.124. The van der Waals surface area contributed by atoms with Gasteiger partial charge >= 0.3 is 0 Å². The Balaban J connectivity index is 1.57. The molecule has 3 fully saturated rings. The second kappa shape index (κ2) is 3.78. The number of hydrogen-bond donors (Lipinski definition) is 0. The molecule has 5 heteroatoms. The van der Waals surface area contributed by atoms with Gasteiger partial charge in [-0.05, 0) is 25.7 Å². The number of aromatic nitrogens is 3. The van der Waals surface area contributed by atoms with E-state index in [9.17, 15) is 0 Å². The van der Waals surface area contributed by atoms with Crippen LogP contribution in [0.25, 0.3) is 0 Å². The van der Waals surface area contributed by atoms with E-state index in [4.69, 9.17) is 14.5 Å². The van der Waals surface area contributed by atoms with Crippen molar-refractivity contribution in [2.24, 2.45) is 0 Å². The molecule has 0 atom stereocenters. The van der Waals surface area contributed by atoms with Crippen LogP contribution in [0, 0.1) is 0 Å². The van der Waals surface area contributed by atoms with Crippen molar-refractivity contribution in [1.82, 2.24) is 14.8 Å². The third kappa shape index (κ3) is 1.98. The minimum Gasteiger partial charge on any atom is -0.348 e. The first-order valence-corrected chi connectivity index (χ1v) is 6.58. The molecule has 1 aromatic heterocycles. The number of nitrogens with zero attached hydrogens (tertiary/aromatic N) is 3. The fourth-order valence-corrected chi connectivity index (χ4v) is 2.32. The molecule has 1 saturated heterocycles. The van der Waals surface area contributed by atoms with Crippen LogP contribution in [-0.4, -0.2) is 34.3 Å². The summed E-state index contributed by atoms with van der Waals surface area (Å²) in [7, 11) is 0. The highest BCUT2D eigenvalue weighted by Crippen LogP contribution is 2.42. The largest absolute Gasteiger partial charge is 0.348 e. The van der Waals surface area contributed by atoms with Gasteiger partial charge in [0.25, 0.3) is 0 Å². The van der Waals surface area contributed by atoms with Crippen LogP contribution < -0.4 is 0 Å². The molecule has 0 bridgehead atoms. The predicted molar refractivity (Wildman–Crippen MR) is 59.7 cm³/mol. The number of rotatable bonds is 4. The quantitative estimate of drug-likeness (QED) is 0.791. The molecule has 5 nitrogen and oxygen atoms in total. The van der Waals surface area contributed by atoms with Gasteiger partial charge in [0.2, 0.25) is 0 Å². The zero-order valence-corrected chi connectivity index (χ0v) is 9.84. The fourth-order valence-electron chi connectivity index (χ4n) is 2.32. The highest BCUT2D eigenvalue weighted by Gasteiger charge is 2.35. The second-order valence-corrected chi connectivity index (χ2v) is 5.23. The standard InChI is InChI=1S/C12H17N3O2/c1-2-8(1)11-13-12(9-3-4-9)15(14-11)7-10-16-5-6-17-10/h8-10H,1-7H2. The van der Waals surface area contributed by atoms with Crippen molar-refractivity contribution in [2.45, 2.75) is 50.4 Å². The summed E-state index contributed by atoms with van der Waals surface area (Å²) in [6, 6.07) is 0. The summed E-state index contributed by atoms with van der Waals surface area (Å²) in [6.45, 7) is 2.10. The maximum absolute atomic E-state index is 5.49. The maximum Gasteiger partial charge on any atom is 0.177 e. The van der Waals surface area contributed by atoms with E-state index >= 15 is 0 Å². The number of hydrogen-bond acceptors (Lipinski definition) is 4. The molecule has 2 heterocycles. The van der Waals surface area contributed by atoms with Gasteiger partial charge in [-0.2, -0.15) is 5.10 Å². The minimum atomic E-state index is -0.124. The third-order valence-electron chi connectivity index (χ3n) is 3.61. The molecule has 0 spiro atoms. The Bertz CT molecular complexity index is 417. The van der Waals surface area contributed by atoms with Crippen LogP contribution in [0.2, 0.25) is 0 Å². The Hall–Kier alpha value is -0.940. The molecule has 2 aliphatic carbocycles.